The standard InChI is InChI=1S/C20H21N3O2S/c1-3-16-13-7-9-26-17(13)6-8-23(16)20(24)14-10-15(12-4-5-12)21-19-18(14)11(2)22-25-19/h7,9-10,12,16H,3-6,8H2,1-2H3/t16-/m1/s1. The largest absolute Gasteiger partial charge is 0.336 e. The number of thiophene rings is 1. The summed E-state index contributed by atoms with van der Waals surface area (Å²) in [5, 5.41) is 6.97. The highest BCUT2D eigenvalue weighted by Crippen LogP contribution is 2.41. The van der Waals surface area contributed by atoms with Gasteiger partial charge in [-0.25, -0.2) is 4.98 Å². The van der Waals surface area contributed by atoms with Gasteiger partial charge in [-0.05, 0) is 55.7 Å². The van der Waals surface area contributed by atoms with Gasteiger partial charge in [-0.1, -0.05) is 12.1 Å². The summed E-state index contributed by atoms with van der Waals surface area (Å²) in [6, 6.07) is 4.31. The zero-order chi connectivity index (χ0) is 17.8. The minimum Gasteiger partial charge on any atom is -0.336 e. The van der Waals surface area contributed by atoms with Gasteiger partial charge in [0.1, 0.15) is 0 Å². The lowest BCUT2D eigenvalue weighted by atomic mass is 9.96. The van der Waals surface area contributed by atoms with Crippen LogP contribution in [0.25, 0.3) is 11.1 Å². The lowest BCUT2D eigenvalue weighted by Gasteiger charge is -2.35. The Bertz CT molecular complexity index is 1000. The molecule has 6 heteroatoms. The molecule has 1 saturated carbocycles. The number of hydrogen-bond acceptors (Lipinski definition) is 5. The highest BCUT2D eigenvalue weighted by atomic mass is 32.1. The second-order valence-electron chi connectivity index (χ2n) is 7.29. The lowest BCUT2D eigenvalue weighted by Crippen LogP contribution is -2.39. The molecule has 1 aliphatic carbocycles. The van der Waals surface area contributed by atoms with E-state index in [0.29, 0.717) is 17.2 Å². The molecule has 5 nitrogen and oxygen atoms in total. The molecule has 0 radical (unpaired) electrons. The lowest BCUT2D eigenvalue weighted by molar-refractivity contribution is 0.0659. The predicted octanol–water partition coefficient (Wildman–Crippen LogP) is 4.62. The first-order chi connectivity index (χ1) is 12.7. The fraction of sp³-hybridized carbons (Fsp3) is 0.450. The molecule has 1 aliphatic heterocycles. The Morgan fingerprint density at radius 2 is 2.27 bits per heavy atom. The fourth-order valence-corrected chi connectivity index (χ4v) is 5.03. The van der Waals surface area contributed by atoms with Crippen LogP contribution in [0.1, 0.15) is 70.3 Å². The maximum atomic E-state index is 13.6. The van der Waals surface area contributed by atoms with Crippen molar-refractivity contribution in [2.24, 2.45) is 0 Å². The third kappa shape index (κ3) is 2.39. The summed E-state index contributed by atoms with van der Waals surface area (Å²) in [7, 11) is 0. The molecule has 26 heavy (non-hydrogen) atoms. The van der Waals surface area contributed by atoms with E-state index in [1.54, 1.807) is 11.3 Å². The number of aromatic nitrogens is 2. The van der Waals surface area contributed by atoms with Crippen LogP contribution in [-0.4, -0.2) is 27.5 Å². The second kappa shape index (κ2) is 5.91. The summed E-state index contributed by atoms with van der Waals surface area (Å²) in [6.45, 7) is 4.80. The number of rotatable bonds is 3. The van der Waals surface area contributed by atoms with E-state index < -0.39 is 0 Å². The van der Waals surface area contributed by atoms with E-state index in [2.05, 4.69) is 28.5 Å². The number of hydrogen-bond donors (Lipinski definition) is 0. The van der Waals surface area contributed by atoms with Crippen molar-refractivity contribution in [1.29, 1.82) is 0 Å². The number of aryl methyl sites for hydroxylation is 1. The van der Waals surface area contributed by atoms with Gasteiger partial charge in [0.25, 0.3) is 11.6 Å². The van der Waals surface area contributed by atoms with Crippen LogP contribution in [0.15, 0.2) is 22.0 Å². The molecule has 3 aromatic heterocycles. The van der Waals surface area contributed by atoms with Crippen molar-refractivity contribution in [3.63, 3.8) is 0 Å². The Morgan fingerprint density at radius 3 is 3.04 bits per heavy atom. The van der Waals surface area contributed by atoms with Gasteiger partial charge in [0.15, 0.2) is 0 Å². The summed E-state index contributed by atoms with van der Waals surface area (Å²) in [5.41, 5.74) is 4.22. The van der Waals surface area contributed by atoms with Gasteiger partial charge in [0, 0.05) is 23.0 Å². The molecule has 0 N–H and O–H groups in total. The Hall–Kier alpha value is -2.21. The number of fused-ring (bicyclic) bond motifs is 2. The number of carbonyl (C=O) groups excluding carboxylic acids is 1. The SMILES string of the molecule is CC[C@@H]1c2ccsc2CCN1C(=O)c1cc(C2CC2)nc2onc(C)c12. The van der Waals surface area contributed by atoms with E-state index in [9.17, 15) is 4.79 Å². The Kier molecular flexibility index (Phi) is 3.64. The van der Waals surface area contributed by atoms with Gasteiger partial charge in [-0.3, -0.25) is 4.79 Å². The van der Waals surface area contributed by atoms with Crippen molar-refractivity contribution in [2.45, 2.75) is 51.5 Å². The van der Waals surface area contributed by atoms with Crippen molar-refractivity contribution >= 4 is 28.3 Å². The van der Waals surface area contributed by atoms with Crippen LogP contribution in [0.2, 0.25) is 0 Å². The Labute approximate surface area is 156 Å². The third-order valence-electron chi connectivity index (χ3n) is 5.61. The maximum Gasteiger partial charge on any atom is 0.259 e. The van der Waals surface area contributed by atoms with E-state index in [0.717, 1.165) is 49.0 Å². The first-order valence-corrected chi connectivity index (χ1v) is 10.2. The molecule has 1 atom stereocenters. The van der Waals surface area contributed by atoms with Crippen LogP contribution in [0.5, 0.6) is 0 Å². The molecule has 3 aromatic rings. The minimum atomic E-state index is 0.0781. The molecule has 0 saturated heterocycles. The molecule has 0 unspecified atom stereocenters. The van der Waals surface area contributed by atoms with Gasteiger partial charge in [0.2, 0.25) is 0 Å². The van der Waals surface area contributed by atoms with E-state index in [-0.39, 0.29) is 11.9 Å². The van der Waals surface area contributed by atoms with Crippen LogP contribution in [0.3, 0.4) is 0 Å². The van der Waals surface area contributed by atoms with Crippen LogP contribution < -0.4 is 0 Å². The minimum absolute atomic E-state index is 0.0781. The van der Waals surface area contributed by atoms with Crippen LogP contribution in [-0.2, 0) is 6.42 Å². The van der Waals surface area contributed by atoms with Crippen LogP contribution >= 0.6 is 11.3 Å². The quantitative estimate of drug-likeness (QED) is 0.678. The van der Waals surface area contributed by atoms with Crippen molar-refractivity contribution in [3.05, 3.63) is 44.9 Å². The summed E-state index contributed by atoms with van der Waals surface area (Å²) in [4.78, 5) is 21.7. The molecule has 4 heterocycles. The number of carbonyl (C=O) groups is 1. The van der Waals surface area contributed by atoms with Gasteiger partial charge < -0.3 is 9.42 Å². The molecular formula is C20H21N3O2S. The third-order valence-corrected chi connectivity index (χ3v) is 6.60. The van der Waals surface area contributed by atoms with Gasteiger partial charge in [0.05, 0.1) is 22.7 Å². The Balaban J connectivity index is 1.61. The molecule has 0 bridgehead atoms. The summed E-state index contributed by atoms with van der Waals surface area (Å²) < 4.78 is 5.41. The van der Waals surface area contributed by atoms with E-state index in [1.165, 1.54) is 10.4 Å². The molecule has 5 rings (SSSR count). The monoisotopic (exact) mass is 367 g/mol. The zero-order valence-corrected chi connectivity index (χ0v) is 15.8. The summed E-state index contributed by atoms with van der Waals surface area (Å²) in [6.07, 6.45) is 4.13. The van der Waals surface area contributed by atoms with Gasteiger partial charge in [-0.15, -0.1) is 11.3 Å². The van der Waals surface area contributed by atoms with Crippen molar-refractivity contribution in [2.75, 3.05) is 6.54 Å². The number of pyridine rings is 1. The molecule has 134 valence electrons. The molecule has 1 fully saturated rings. The van der Waals surface area contributed by atoms with E-state index in [1.807, 2.05) is 17.9 Å². The molecule has 2 aliphatic rings. The molecule has 0 aromatic carbocycles. The second-order valence-corrected chi connectivity index (χ2v) is 8.29. The van der Waals surface area contributed by atoms with Crippen molar-refractivity contribution in [3.8, 4) is 0 Å². The molecule has 1 amide bonds. The average Bonchev–Trinajstić information content (AvgIpc) is 3.29. The first-order valence-electron chi connectivity index (χ1n) is 9.31. The maximum absolute atomic E-state index is 13.6. The normalized spacial score (nSPS) is 19.8. The topological polar surface area (TPSA) is 59.2 Å². The number of amides is 1. The van der Waals surface area contributed by atoms with Crippen LogP contribution in [0, 0.1) is 6.92 Å². The van der Waals surface area contributed by atoms with E-state index in [4.69, 9.17) is 4.52 Å². The number of nitrogens with zero attached hydrogens (tertiary/aromatic N) is 3. The molecule has 0 spiro atoms. The highest BCUT2D eigenvalue weighted by molar-refractivity contribution is 7.10. The molecular weight excluding hydrogens is 346 g/mol. The van der Waals surface area contributed by atoms with E-state index >= 15 is 0 Å². The summed E-state index contributed by atoms with van der Waals surface area (Å²) >= 11 is 1.80. The smallest absolute Gasteiger partial charge is 0.259 e. The average molecular weight is 367 g/mol. The van der Waals surface area contributed by atoms with Crippen LogP contribution in [0.4, 0.5) is 0 Å². The highest BCUT2D eigenvalue weighted by Gasteiger charge is 2.34. The first kappa shape index (κ1) is 16.0. The zero-order valence-electron chi connectivity index (χ0n) is 15.0. The Morgan fingerprint density at radius 1 is 1.42 bits per heavy atom. The van der Waals surface area contributed by atoms with Crippen molar-refractivity contribution in [1.82, 2.24) is 15.0 Å². The van der Waals surface area contributed by atoms with Gasteiger partial charge >= 0.3 is 0 Å². The predicted molar refractivity (Wildman–Crippen MR) is 101 cm³/mol. The summed E-state index contributed by atoms with van der Waals surface area (Å²) in [5.74, 6) is 0.539. The van der Waals surface area contributed by atoms with Gasteiger partial charge in [-0.2, -0.15) is 0 Å². The van der Waals surface area contributed by atoms with Crippen molar-refractivity contribution < 1.29 is 9.32 Å². The fourth-order valence-electron chi connectivity index (χ4n) is 4.11.